The molecule has 0 bridgehead atoms. The number of carbonyl (C=O) groups excluding carboxylic acids is 1. The van der Waals surface area contributed by atoms with Crippen molar-refractivity contribution in [2.45, 2.75) is 6.92 Å². The second kappa shape index (κ2) is 3.42. The molecule has 0 aromatic heterocycles. The predicted octanol–water partition coefficient (Wildman–Crippen LogP) is -1.63. The Morgan fingerprint density at radius 1 is 1.55 bits per heavy atom. The van der Waals surface area contributed by atoms with Crippen LogP contribution in [0.15, 0.2) is 11.8 Å². The van der Waals surface area contributed by atoms with Crippen LogP contribution in [0, 0.1) is 0 Å². The van der Waals surface area contributed by atoms with E-state index >= 15 is 0 Å². The summed E-state index contributed by atoms with van der Waals surface area (Å²) in [5.74, 6) is -0.604. The summed E-state index contributed by atoms with van der Waals surface area (Å²) < 4.78 is 26.8. The normalized spacial score (nSPS) is 20.5. The molecule has 0 atom stereocenters. The van der Waals surface area contributed by atoms with Gasteiger partial charge in [0, 0.05) is 6.08 Å². The van der Waals surface area contributed by atoms with Crippen LogP contribution in [0.3, 0.4) is 0 Å². The van der Waals surface area contributed by atoms with Crippen LogP contribution in [-0.4, -0.2) is 37.4 Å². The highest BCUT2D eigenvalue weighted by atomic mass is 32.2. The van der Waals surface area contributed by atoms with Crippen LogP contribution in [0.5, 0.6) is 0 Å². The number of allylic oxidation sites excluding steroid dienone is 1. The fourth-order valence-corrected chi connectivity index (χ4v) is 1.30. The molecule has 1 heterocycles. The third kappa shape index (κ3) is 3.08. The van der Waals surface area contributed by atoms with E-state index in [1.165, 1.54) is 6.92 Å². The number of carbonyl (C=O) groups is 1. The van der Waals surface area contributed by atoms with Crippen LogP contribution in [0.25, 0.3) is 0 Å². The highest BCUT2D eigenvalue weighted by molar-refractivity contribution is 7.85. The van der Waals surface area contributed by atoms with E-state index in [-0.39, 0.29) is 28.8 Å². The first-order chi connectivity index (χ1) is 4.49. The average molecular weight is 189 g/mol. The molecule has 0 spiro atoms. The first-order valence-electron chi connectivity index (χ1n) is 2.44. The number of hydrogen-bond acceptors (Lipinski definition) is 4. The van der Waals surface area contributed by atoms with Crippen molar-refractivity contribution >= 4 is 39.3 Å². The number of amides is 1. The summed E-state index contributed by atoms with van der Waals surface area (Å²) in [6, 6.07) is 0. The van der Waals surface area contributed by atoms with Crippen molar-refractivity contribution < 1.29 is 17.4 Å². The summed E-state index contributed by atoms with van der Waals surface area (Å²) in [6.45, 7) is 1.39. The van der Waals surface area contributed by atoms with Crippen LogP contribution in [0.4, 0.5) is 0 Å². The van der Waals surface area contributed by atoms with E-state index in [1.807, 2.05) is 0 Å². The molecule has 0 saturated heterocycles. The van der Waals surface area contributed by atoms with Crippen molar-refractivity contribution in [1.82, 2.24) is 4.72 Å². The van der Waals surface area contributed by atoms with Crippen molar-refractivity contribution in [3.05, 3.63) is 11.8 Å². The summed E-state index contributed by atoms with van der Waals surface area (Å²) in [5, 5.41) is 0. The van der Waals surface area contributed by atoms with E-state index in [0.717, 1.165) is 6.08 Å². The van der Waals surface area contributed by atoms with Gasteiger partial charge in [0.2, 0.25) is 0 Å². The minimum atomic E-state index is -3.85. The third-order valence-electron chi connectivity index (χ3n) is 0.801. The number of nitrogens with one attached hydrogen (secondary N) is 1. The Balaban J connectivity index is 0.000001000. The van der Waals surface area contributed by atoms with Gasteiger partial charge < -0.3 is 4.18 Å². The zero-order chi connectivity index (χ0) is 7.78. The molecular formula is C4H7MgNO4S. The topological polar surface area (TPSA) is 72.5 Å². The van der Waals surface area contributed by atoms with Gasteiger partial charge in [-0.05, 0) is 6.92 Å². The Bertz CT molecular complexity index is 293. The molecule has 0 unspecified atom stereocenters. The van der Waals surface area contributed by atoms with Crippen molar-refractivity contribution in [3.63, 3.8) is 0 Å². The second-order valence-corrected chi connectivity index (χ2v) is 3.04. The highest BCUT2D eigenvalue weighted by Gasteiger charge is 2.20. The molecule has 0 fully saturated rings. The minimum absolute atomic E-state index is 0. The van der Waals surface area contributed by atoms with E-state index in [4.69, 9.17) is 0 Å². The summed E-state index contributed by atoms with van der Waals surface area (Å²) in [4.78, 5) is 10.4. The maximum atomic E-state index is 10.5. The molecule has 1 aliphatic rings. The maximum absolute atomic E-state index is 10.5. The summed E-state index contributed by atoms with van der Waals surface area (Å²) >= 11 is 0. The van der Waals surface area contributed by atoms with Gasteiger partial charge in [-0.15, -0.1) is 0 Å². The second-order valence-electron chi connectivity index (χ2n) is 1.76. The SMILES string of the molecule is CC1=CC(=O)NS(=O)(=O)O1.[MgH2]. The average Bonchev–Trinajstić information content (AvgIpc) is 1.54. The zero-order valence-corrected chi connectivity index (χ0v) is 5.94. The van der Waals surface area contributed by atoms with E-state index in [0.29, 0.717) is 0 Å². The molecule has 1 aliphatic heterocycles. The Morgan fingerprint density at radius 2 is 2.09 bits per heavy atom. The molecule has 0 aliphatic carbocycles. The minimum Gasteiger partial charge on any atom is -0.371 e. The van der Waals surface area contributed by atoms with Crippen LogP contribution in [-0.2, 0) is 19.3 Å². The molecule has 7 heteroatoms. The predicted molar refractivity (Wildman–Crippen MR) is 40.4 cm³/mol. The van der Waals surface area contributed by atoms with E-state index in [1.54, 1.807) is 4.72 Å². The van der Waals surface area contributed by atoms with Gasteiger partial charge in [-0.2, -0.15) is 8.42 Å². The standard InChI is InChI=1S/C4H5NO4S.Mg.2H/c1-3-2-4(6)5-10(7,8)9-3;;;/h2H,1H3,(H,5,6);;;. The van der Waals surface area contributed by atoms with Gasteiger partial charge in [0.15, 0.2) is 0 Å². The molecule has 11 heavy (non-hydrogen) atoms. The lowest BCUT2D eigenvalue weighted by Gasteiger charge is -2.10. The third-order valence-corrected chi connectivity index (χ3v) is 1.73. The van der Waals surface area contributed by atoms with Gasteiger partial charge in [0.25, 0.3) is 5.91 Å². The molecule has 5 nitrogen and oxygen atoms in total. The lowest BCUT2D eigenvalue weighted by molar-refractivity contribution is -0.115. The summed E-state index contributed by atoms with van der Waals surface area (Å²) in [5.41, 5.74) is 0. The molecule has 60 valence electrons. The maximum Gasteiger partial charge on any atom is 0.409 e. The van der Waals surface area contributed by atoms with Crippen LogP contribution in [0.1, 0.15) is 6.92 Å². The van der Waals surface area contributed by atoms with Gasteiger partial charge in [0.05, 0.1) is 0 Å². The smallest absolute Gasteiger partial charge is 0.371 e. The van der Waals surface area contributed by atoms with Crippen molar-refractivity contribution in [3.8, 4) is 0 Å². The fourth-order valence-electron chi connectivity index (χ4n) is 0.555. The van der Waals surface area contributed by atoms with Gasteiger partial charge >= 0.3 is 33.4 Å². The van der Waals surface area contributed by atoms with E-state index in [2.05, 4.69) is 4.18 Å². The summed E-state index contributed by atoms with van der Waals surface area (Å²) in [6.07, 6.45) is 1.06. The first kappa shape index (κ1) is 10.7. The fraction of sp³-hybridized carbons (Fsp3) is 0.250. The Kier molecular flexibility index (Phi) is 3.33. The number of hydrogen-bond donors (Lipinski definition) is 1. The molecule has 0 radical (unpaired) electrons. The summed E-state index contributed by atoms with van der Waals surface area (Å²) in [7, 11) is -3.85. The van der Waals surface area contributed by atoms with Crippen LogP contribution < -0.4 is 4.72 Å². The van der Waals surface area contributed by atoms with Crippen molar-refractivity contribution in [2.75, 3.05) is 0 Å². The van der Waals surface area contributed by atoms with Crippen molar-refractivity contribution in [2.24, 2.45) is 0 Å². The van der Waals surface area contributed by atoms with E-state index in [9.17, 15) is 13.2 Å². The van der Waals surface area contributed by atoms with Gasteiger partial charge in [0.1, 0.15) is 5.76 Å². The monoisotopic (exact) mass is 189 g/mol. The first-order valence-corrected chi connectivity index (χ1v) is 3.85. The van der Waals surface area contributed by atoms with Gasteiger partial charge in [-0.3, -0.25) is 4.79 Å². The molecule has 0 saturated carbocycles. The largest absolute Gasteiger partial charge is 0.409 e. The Hall–Kier alpha value is -0.274. The lowest BCUT2D eigenvalue weighted by Crippen LogP contribution is -2.34. The molecular weight excluding hydrogens is 182 g/mol. The molecule has 0 aromatic rings. The lowest BCUT2D eigenvalue weighted by atomic mass is 10.5. The highest BCUT2D eigenvalue weighted by Crippen LogP contribution is 2.05. The van der Waals surface area contributed by atoms with Crippen LogP contribution in [0.2, 0.25) is 0 Å². The van der Waals surface area contributed by atoms with Gasteiger partial charge in [-0.25, -0.2) is 4.72 Å². The molecule has 0 aromatic carbocycles. The van der Waals surface area contributed by atoms with Crippen LogP contribution >= 0.6 is 0 Å². The van der Waals surface area contributed by atoms with Crippen molar-refractivity contribution in [1.29, 1.82) is 0 Å². The Labute approximate surface area is 80.2 Å². The zero-order valence-electron chi connectivity index (χ0n) is 5.12. The Morgan fingerprint density at radius 3 is 2.45 bits per heavy atom. The molecule has 1 N–H and O–H groups in total. The molecule has 1 rings (SSSR count). The van der Waals surface area contributed by atoms with Gasteiger partial charge in [-0.1, -0.05) is 0 Å². The number of rotatable bonds is 0. The van der Waals surface area contributed by atoms with E-state index < -0.39 is 16.2 Å². The quantitative estimate of drug-likeness (QED) is 0.464. The molecule has 1 amide bonds.